The number of carbonyl (C=O) groups is 2. The quantitative estimate of drug-likeness (QED) is 0.192. The number of likely N-dealkylation sites (tertiary alicyclic amines) is 1. The molecule has 1 fully saturated rings. The standard InChI is InChI=1S/C34H34Cl2FN7O3S/c1-34(2,3)47-33(46)42-11-8-20(9-12-42)19-4-6-21(7-5-19)23-15-25(35)24-17-44(41-28(24)27(23)36)30(31(45)40-32-38-10-13-48-32)29-26-14-22(37)16-43(26)18-39-29/h4-7,10,13,15,17-18,20,22,30H,8-9,11-12,14,16H2,1-3H3,(H,38,40,45)/t22-,30?/m1/s1. The molecule has 7 rings (SSSR count). The predicted octanol–water partition coefficient (Wildman–Crippen LogP) is 7.90. The van der Waals surface area contributed by atoms with Gasteiger partial charge in [0.05, 0.1) is 28.6 Å². The molecule has 2 aliphatic rings. The summed E-state index contributed by atoms with van der Waals surface area (Å²) < 4.78 is 23.1. The van der Waals surface area contributed by atoms with Crippen molar-refractivity contribution >= 4 is 62.6 Å². The number of hydrogen-bond acceptors (Lipinski definition) is 7. The van der Waals surface area contributed by atoms with E-state index in [4.69, 9.17) is 33.0 Å². The number of benzene rings is 2. The average molecular weight is 711 g/mol. The van der Waals surface area contributed by atoms with Gasteiger partial charge in [-0.15, -0.1) is 11.3 Å². The monoisotopic (exact) mass is 709 g/mol. The van der Waals surface area contributed by atoms with Crippen molar-refractivity contribution in [3.05, 3.63) is 81.4 Å². The number of imidazole rings is 1. The van der Waals surface area contributed by atoms with E-state index in [1.807, 2.05) is 32.9 Å². The third-order valence-corrected chi connectivity index (χ3v) is 10.2. The minimum Gasteiger partial charge on any atom is -0.444 e. The van der Waals surface area contributed by atoms with Crippen LogP contribution < -0.4 is 5.32 Å². The Labute approximate surface area is 290 Å². The van der Waals surface area contributed by atoms with E-state index < -0.39 is 23.7 Å². The summed E-state index contributed by atoms with van der Waals surface area (Å²) in [7, 11) is 0. The topological polar surface area (TPSA) is 107 Å². The Balaban J connectivity index is 1.16. The first-order valence-corrected chi connectivity index (χ1v) is 17.4. The number of alkyl halides is 1. The summed E-state index contributed by atoms with van der Waals surface area (Å²) >= 11 is 15.1. The summed E-state index contributed by atoms with van der Waals surface area (Å²) in [4.78, 5) is 36.7. The van der Waals surface area contributed by atoms with Gasteiger partial charge in [0, 0.05) is 53.9 Å². The molecule has 0 aliphatic carbocycles. The second-order valence-electron chi connectivity index (χ2n) is 13.2. The zero-order valence-corrected chi connectivity index (χ0v) is 28.9. The molecule has 1 N–H and O–H groups in total. The van der Waals surface area contributed by atoms with Crippen molar-refractivity contribution < 1.29 is 18.7 Å². The lowest BCUT2D eigenvalue weighted by Crippen LogP contribution is -2.41. The zero-order valence-electron chi connectivity index (χ0n) is 26.6. The van der Waals surface area contributed by atoms with Gasteiger partial charge in [-0.05, 0) is 56.7 Å². The number of aromatic nitrogens is 5. The van der Waals surface area contributed by atoms with Crippen LogP contribution in [0.2, 0.25) is 10.0 Å². The Hall–Kier alpha value is -4.00. The fourth-order valence-corrected chi connectivity index (χ4v) is 7.55. The maximum Gasteiger partial charge on any atom is 0.410 e. The number of nitrogens with one attached hydrogen (secondary N) is 1. The van der Waals surface area contributed by atoms with E-state index in [0.29, 0.717) is 62.0 Å². The van der Waals surface area contributed by atoms with Crippen LogP contribution in [0.25, 0.3) is 22.0 Å². The van der Waals surface area contributed by atoms with Crippen LogP contribution in [0.3, 0.4) is 0 Å². The maximum atomic E-state index is 14.4. The smallest absolute Gasteiger partial charge is 0.410 e. The second kappa shape index (κ2) is 12.8. The van der Waals surface area contributed by atoms with Crippen molar-refractivity contribution in [2.75, 3.05) is 18.4 Å². The number of fused-ring (bicyclic) bond motifs is 2. The molecule has 250 valence electrons. The van der Waals surface area contributed by atoms with Crippen molar-refractivity contribution in [1.82, 2.24) is 29.2 Å². The second-order valence-corrected chi connectivity index (χ2v) is 14.9. The highest BCUT2D eigenvalue weighted by Gasteiger charge is 2.35. The number of nitrogens with zero attached hydrogens (tertiary/aromatic N) is 6. The number of halogens is 3. The lowest BCUT2D eigenvalue weighted by Gasteiger charge is -2.33. The Bertz CT molecular complexity index is 1980. The van der Waals surface area contributed by atoms with Gasteiger partial charge in [-0.25, -0.2) is 19.2 Å². The third-order valence-electron chi connectivity index (χ3n) is 8.77. The van der Waals surface area contributed by atoms with Crippen molar-refractivity contribution in [2.24, 2.45) is 0 Å². The van der Waals surface area contributed by atoms with Crippen LogP contribution in [0.4, 0.5) is 14.3 Å². The van der Waals surface area contributed by atoms with Crippen molar-refractivity contribution in [3.63, 3.8) is 0 Å². The number of hydrogen-bond donors (Lipinski definition) is 1. The van der Waals surface area contributed by atoms with Crippen LogP contribution in [0.5, 0.6) is 0 Å². The van der Waals surface area contributed by atoms with E-state index in [1.165, 1.54) is 21.6 Å². The lowest BCUT2D eigenvalue weighted by atomic mass is 9.88. The maximum absolute atomic E-state index is 14.4. The number of piperidine rings is 1. The first kappa shape index (κ1) is 32.5. The number of rotatable bonds is 6. The van der Waals surface area contributed by atoms with E-state index in [-0.39, 0.29) is 19.1 Å². The van der Waals surface area contributed by atoms with Gasteiger partial charge in [-0.3, -0.25) is 14.8 Å². The molecule has 2 amide bonds. The highest BCUT2D eigenvalue weighted by Crippen LogP contribution is 2.40. The summed E-state index contributed by atoms with van der Waals surface area (Å²) in [6.07, 6.45) is 5.36. The fraction of sp³-hybridized carbons (Fsp3) is 0.382. The Morgan fingerprint density at radius 2 is 1.88 bits per heavy atom. The SMILES string of the molecule is CC(C)(C)OC(=O)N1CCC(c2ccc(-c3cc(Cl)c4cn(C(C(=O)Nc5nccs5)c5ncn6c5C[C@@H](F)C6)nc4c3Cl)cc2)CC1. The number of amides is 2. The van der Waals surface area contributed by atoms with Gasteiger partial charge >= 0.3 is 6.09 Å². The molecule has 2 aromatic carbocycles. The highest BCUT2D eigenvalue weighted by atomic mass is 35.5. The summed E-state index contributed by atoms with van der Waals surface area (Å²) in [5.74, 6) is -0.0962. The van der Waals surface area contributed by atoms with Crippen LogP contribution in [0.15, 0.2) is 54.4 Å². The normalized spacial score (nSPS) is 17.5. The molecule has 5 aromatic rings. The lowest BCUT2D eigenvalue weighted by molar-refractivity contribution is -0.118. The van der Waals surface area contributed by atoms with Gasteiger partial charge in [0.2, 0.25) is 0 Å². The third kappa shape index (κ3) is 6.40. The zero-order chi connectivity index (χ0) is 33.7. The molecule has 0 bridgehead atoms. The minimum atomic E-state index is -1.05. The van der Waals surface area contributed by atoms with Gasteiger partial charge in [0.1, 0.15) is 17.3 Å². The molecular weight excluding hydrogens is 676 g/mol. The largest absolute Gasteiger partial charge is 0.444 e. The van der Waals surface area contributed by atoms with E-state index >= 15 is 0 Å². The van der Waals surface area contributed by atoms with Crippen LogP contribution in [0.1, 0.15) is 62.5 Å². The minimum absolute atomic E-state index is 0.154. The number of carbonyl (C=O) groups excluding carboxylic acids is 2. The number of anilines is 1. The Morgan fingerprint density at radius 3 is 2.56 bits per heavy atom. The van der Waals surface area contributed by atoms with Gasteiger partial charge in [0.15, 0.2) is 11.2 Å². The molecule has 1 unspecified atom stereocenters. The number of thiazole rings is 1. The van der Waals surface area contributed by atoms with Crippen molar-refractivity contribution in [3.8, 4) is 11.1 Å². The molecule has 1 saturated heterocycles. The van der Waals surface area contributed by atoms with Crippen LogP contribution in [-0.2, 0) is 22.5 Å². The first-order chi connectivity index (χ1) is 22.9. The summed E-state index contributed by atoms with van der Waals surface area (Å²) in [5.41, 5.74) is 3.74. The van der Waals surface area contributed by atoms with Crippen molar-refractivity contribution in [1.29, 1.82) is 0 Å². The molecule has 2 atom stereocenters. The molecule has 3 aromatic heterocycles. The van der Waals surface area contributed by atoms with Crippen LogP contribution in [-0.4, -0.2) is 66.1 Å². The molecule has 5 heterocycles. The fourth-order valence-electron chi connectivity index (χ4n) is 6.47. The van der Waals surface area contributed by atoms with E-state index in [0.717, 1.165) is 18.4 Å². The summed E-state index contributed by atoms with van der Waals surface area (Å²) in [6, 6.07) is 9.00. The van der Waals surface area contributed by atoms with E-state index in [9.17, 15) is 14.0 Å². The average Bonchev–Trinajstić information content (AvgIpc) is 3.85. The molecule has 0 radical (unpaired) electrons. The molecule has 2 aliphatic heterocycles. The highest BCUT2D eigenvalue weighted by molar-refractivity contribution is 7.13. The van der Waals surface area contributed by atoms with Crippen molar-refractivity contribution in [2.45, 2.75) is 70.3 Å². The summed E-state index contributed by atoms with van der Waals surface area (Å²) in [5, 5.41) is 11.2. The van der Waals surface area contributed by atoms with Gasteiger partial charge in [-0.2, -0.15) is 5.10 Å². The molecule has 0 saturated carbocycles. The molecule has 10 nitrogen and oxygen atoms in total. The molecule has 48 heavy (non-hydrogen) atoms. The molecular formula is C34H34Cl2FN7O3S. The van der Waals surface area contributed by atoms with Gasteiger partial charge in [-0.1, -0.05) is 47.5 Å². The number of ether oxygens (including phenoxy) is 1. The Kier molecular flexibility index (Phi) is 8.67. The Morgan fingerprint density at radius 1 is 1.12 bits per heavy atom. The van der Waals surface area contributed by atoms with Gasteiger partial charge in [0.25, 0.3) is 5.91 Å². The predicted molar refractivity (Wildman–Crippen MR) is 185 cm³/mol. The van der Waals surface area contributed by atoms with Gasteiger partial charge < -0.3 is 14.2 Å². The summed E-state index contributed by atoms with van der Waals surface area (Å²) in [6.45, 7) is 7.09. The van der Waals surface area contributed by atoms with Crippen LogP contribution >= 0.6 is 34.5 Å². The van der Waals surface area contributed by atoms with Crippen LogP contribution in [0, 0.1) is 0 Å². The molecule has 0 spiro atoms. The first-order valence-electron chi connectivity index (χ1n) is 15.8. The van der Waals surface area contributed by atoms with E-state index in [1.54, 1.807) is 39.6 Å². The van der Waals surface area contributed by atoms with E-state index in [2.05, 4.69) is 27.4 Å². The molecule has 14 heteroatoms.